The first-order valence-corrected chi connectivity index (χ1v) is 6.49. The summed E-state index contributed by atoms with van der Waals surface area (Å²) >= 11 is 1.49. The van der Waals surface area contributed by atoms with E-state index in [0.717, 1.165) is 12.1 Å². The number of hydrogen-bond acceptors (Lipinski definition) is 4. The highest BCUT2D eigenvalue weighted by Gasteiger charge is 2.38. The molecular formula is C12H17NO2S. The monoisotopic (exact) mass is 239 g/mol. The summed E-state index contributed by atoms with van der Waals surface area (Å²) in [6, 6.07) is 0. The van der Waals surface area contributed by atoms with Crippen LogP contribution in [0.15, 0.2) is 0 Å². The van der Waals surface area contributed by atoms with Crippen LogP contribution in [0.1, 0.15) is 47.1 Å². The van der Waals surface area contributed by atoms with Gasteiger partial charge < -0.3 is 4.74 Å². The highest BCUT2D eigenvalue weighted by Crippen LogP contribution is 2.48. The third-order valence-corrected chi connectivity index (χ3v) is 4.17. The quantitative estimate of drug-likeness (QED) is 0.758. The van der Waals surface area contributed by atoms with E-state index in [-0.39, 0.29) is 5.97 Å². The van der Waals surface area contributed by atoms with Gasteiger partial charge >= 0.3 is 5.97 Å². The number of esters is 1. The maximum atomic E-state index is 11.5. The molecule has 3 nitrogen and oxygen atoms in total. The highest BCUT2D eigenvalue weighted by atomic mass is 32.1. The first-order valence-electron chi connectivity index (χ1n) is 5.67. The van der Waals surface area contributed by atoms with Gasteiger partial charge in [0.15, 0.2) is 0 Å². The van der Waals surface area contributed by atoms with Gasteiger partial charge in [0.05, 0.1) is 12.3 Å². The van der Waals surface area contributed by atoms with Crippen molar-refractivity contribution in [2.45, 2.75) is 40.0 Å². The number of hydrogen-bond donors (Lipinski definition) is 0. The molecule has 2 rings (SSSR count). The van der Waals surface area contributed by atoms with E-state index in [2.05, 4.69) is 11.9 Å². The summed E-state index contributed by atoms with van der Waals surface area (Å²) in [7, 11) is 0. The van der Waals surface area contributed by atoms with Crippen LogP contribution in [0, 0.1) is 12.3 Å². The molecule has 1 aromatic rings. The molecule has 4 heteroatoms. The van der Waals surface area contributed by atoms with Crippen molar-refractivity contribution >= 4 is 17.3 Å². The number of carbonyl (C=O) groups excluding carboxylic acids is 1. The Kier molecular flexibility index (Phi) is 3.02. The normalized spacial score (nSPS) is 17.2. The Morgan fingerprint density at radius 3 is 2.81 bits per heavy atom. The van der Waals surface area contributed by atoms with E-state index in [1.165, 1.54) is 29.1 Å². The minimum absolute atomic E-state index is 0.289. The van der Waals surface area contributed by atoms with Crippen LogP contribution < -0.4 is 0 Å². The van der Waals surface area contributed by atoms with Crippen molar-refractivity contribution in [3.63, 3.8) is 0 Å². The first-order chi connectivity index (χ1) is 7.54. The van der Waals surface area contributed by atoms with Crippen LogP contribution in [0.3, 0.4) is 0 Å². The Balaban J connectivity index is 2.11. The molecule has 1 aliphatic carbocycles. The Morgan fingerprint density at radius 1 is 1.56 bits per heavy atom. The van der Waals surface area contributed by atoms with Crippen LogP contribution in [0.4, 0.5) is 0 Å². The fourth-order valence-corrected chi connectivity index (χ4v) is 2.82. The molecule has 16 heavy (non-hydrogen) atoms. The largest absolute Gasteiger partial charge is 0.461 e. The van der Waals surface area contributed by atoms with Crippen LogP contribution in [0.25, 0.3) is 0 Å². The molecule has 1 heterocycles. The molecule has 88 valence electrons. The fourth-order valence-electron chi connectivity index (χ4n) is 1.65. The summed E-state index contributed by atoms with van der Waals surface area (Å²) in [5.74, 6) is -0.289. The van der Waals surface area contributed by atoms with Crippen LogP contribution in [0.2, 0.25) is 0 Å². The molecule has 0 bridgehead atoms. The molecule has 1 aromatic heterocycles. The molecule has 0 N–H and O–H groups in total. The van der Waals surface area contributed by atoms with E-state index >= 15 is 0 Å². The number of nitrogens with zero attached hydrogens (tertiary/aromatic N) is 1. The third-order valence-electron chi connectivity index (χ3n) is 3.03. The lowest BCUT2D eigenvalue weighted by Crippen LogP contribution is -2.03. The number of thiazole rings is 1. The average Bonchev–Trinajstić information content (AvgIpc) is 2.83. The predicted molar refractivity (Wildman–Crippen MR) is 63.9 cm³/mol. The lowest BCUT2D eigenvalue weighted by Gasteiger charge is -2.04. The second-order valence-electron chi connectivity index (χ2n) is 4.74. The molecule has 1 saturated carbocycles. The summed E-state index contributed by atoms with van der Waals surface area (Å²) in [4.78, 5) is 17.0. The maximum Gasteiger partial charge on any atom is 0.367 e. The molecule has 0 aromatic carbocycles. The lowest BCUT2D eigenvalue weighted by atomic mass is 10.0. The van der Waals surface area contributed by atoms with Crippen LogP contribution in [-0.4, -0.2) is 17.6 Å². The standard InChI is InChI=1S/C12H17NO2S/c1-4-15-11(14)10-13-8(2)9(16-10)7-12(3)5-6-12/h4-7H2,1-3H3. The van der Waals surface area contributed by atoms with Crippen LogP contribution in [-0.2, 0) is 11.2 Å². The number of aromatic nitrogens is 1. The van der Waals surface area contributed by atoms with Crippen molar-refractivity contribution in [3.05, 3.63) is 15.6 Å². The maximum absolute atomic E-state index is 11.5. The molecule has 0 amide bonds. The number of carbonyl (C=O) groups is 1. The van der Waals surface area contributed by atoms with Crippen molar-refractivity contribution < 1.29 is 9.53 Å². The van der Waals surface area contributed by atoms with Gasteiger partial charge in [0.2, 0.25) is 5.01 Å². The molecule has 0 atom stereocenters. The molecule has 0 radical (unpaired) electrons. The summed E-state index contributed by atoms with van der Waals surface area (Å²) in [5.41, 5.74) is 1.45. The number of ether oxygens (including phenoxy) is 1. The van der Waals surface area contributed by atoms with Crippen LogP contribution in [0.5, 0.6) is 0 Å². The van der Waals surface area contributed by atoms with E-state index in [4.69, 9.17) is 4.74 Å². The van der Waals surface area contributed by atoms with Gasteiger partial charge in [-0.2, -0.15) is 0 Å². The van der Waals surface area contributed by atoms with Crippen molar-refractivity contribution in [2.75, 3.05) is 6.61 Å². The fraction of sp³-hybridized carbons (Fsp3) is 0.667. The lowest BCUT2D eigenvalue weighted by molar-refractivity contribution is 0.0526. The van der Waals surface area contributed by atoms with E-state index in [1.54, 1.807) is 0 Å². The van der Waals surface area contributed by atoms with Gasteiger partial charge in [-0.15, -0.1) is 11.3 Å². The van der Waals surface area contributed by atoms with Gasteiger partial charge in [-0.25, -0.2) is 9.78 Å². The minimum Gasteiger partial charge on any atom is -0.461 e. The molecule has 1 fully saturated rings. The average molecular weight is 239 g/mol. The molecule has 0 unspecified atom stereocenters. The smallest absolute Gasteiger partial charge is 0.367 e. The van der Waals surface area contributed by atoms with E-state index in [0.29, 0.717) is 17.0 Å². The number of rotatable bonds is 4. The Morgan fingerprint density at radius 2 is 2.25 bits per heavy atom. The zero-order valence-electron chi connectivity index (χ0n) is 10.0. The summed E-state index contributed by atoms with van der Waals surface area (Å²) in [6.07, 6.45) is 3.63. The first kappa shape index (κ1) is 11.6. The second kappa shape index (κ2) is 4.17. The third kappa shape index (κ3) is 2.43. The number of aryl methyl sites for hydroxylation is 1. The van der Waals surface area contributed by atoms with Crippen LogP contribution >= 0.6 is 11.3 Å². The molecule has 0 aliphatic heterocycles. The van der Waals surface area contributed by atoms with Gasteiger partial charge in [0, 0.05) is 4.88 Å². The van der Waals surface area contributed by atoms with E-state index in [9.17, 15) is 4.79 Å². The topological polar surface area (TPSA) is 39.2 Å². The molecule has 0 spiro atoms. The predicted octanol–water partition coefficient (Wildman–Crippen LogP) is 2.97. The molecule has 1 aliphatic rings. The van der Waals surface area contributed by atoms with Crippen molar-refractivity contribution in [3.8, 4) is 0 Å². The Labute approximate surface area is 99.8 Å². The van der Waals surface area contributed by atoms with E-state index < -0.39 is 0 Å². The van der Waals surface area contributed by atoms with Crippen molar-refractivity contribution in [1.82, 2.24) is 4.98 Å². The van der Waals surface area contributed by atoms with Gasteiger partial charge in [-0.05, 0) is 38.5 Å². The molecular weight excluding hydrogens is 222 g/mol. The molecule has 0 saturated heterocycles. The van der Waals surface area contributed by atoms with Gasteiger partial charge in [-0.1, -0.05) is 6.92 Å². The van der Waals surface area contributed by atoms with Crippen molar-refractivity contribution in [1.29, 1.82) is 0 Å². The SMILES string of the molecule is CCOC(=O)c1nc(C)c(CC2(C)CC2)s1. The van der Waals surface area contributed by atoms with Gasteiger partial charge in [-0.3, -0.25) is 0 Å². The zero-order chi connectivity index (χ0) is 11.8. The summed E-state index contributed by atoms with van der Waals surface area (Å²) < 4.78 is 4.95. The van der Waals surface area contributed by atoms with Gasteiger partial charge in [0.25, 0.3) is 0 Å². The van der Waals surface area contributed by atoms with Gasteiger partial charge in [0.1, 0.15) is 0 Å². The zero-order valence-corrected chi connectivity index (χ0v) is 10.8. The Hall–Kier alpha value is -0.900. The second-order valence-corrected chi connectivity index (χ2v) is 5.82. The summed E-state index contributed by atoms with van der Waals surface area (Å²) in [5, 5.41) is 0.499. The summed E-state index contributed by atoms with van der Waals surface area (Å²) in [6.45, 7) is 6.48. The minimum atomic E-state index is -0.289. The van der Waals surface area contributed by atoms with E-state index in [1.807, 2.05) is 13.8 Å². The Bertz CT molecular complexity index is 407. The van der Waals surface area contributed by atoms with Crippen molar-refractivity contribution in [2.24, 2.45) is 5.41 Å². The highest BCUT2D eigenvalue weighted by molar-refractivity contribution is 7.13.